The van der Waals surface area contributed by atoms with E-state index in [2.05, 4.69) is 16.0 Å². The Morgan fingerprint density at radius 3 is 2.26 bits per heavy atom. The molecule has 1 aromatic carbocycles. The van der Waals surface area contributed by atoms with Crippen molar-refractivity contribution >= 4 is 17.5 Å². The number of amides is 2. The highest BCUT2D eigenvalue weighted by Crippen LogP contribution is 2.11. The smallest absolute Gasteiger partial charge is 0.246 e. The van der Waals surface area contributed by atoms with E-state index in [-0.39, 0.29) is 18.4 Å². The number of carbonyl (C=O) groups is 2. The van der Waals surface area contributed by atoms with Gasteiger partial charge in [-0.1, -0.05) is 26.0 Å². The number of aliphatic hydroxyl groups excluding tert-OH is 2. The van der Waals surface area contributed by atoms with E-state index in [0.717, 1.165) is 5.56 Å². The number of nitrogens with two attached hydrogens (primary N) is 2. The summed E-state index contributed by atoms with van der Waals surface area (Å²) in [7, 11) is 0. The molecule has 1 rings (SSSR count). The molecule has 0 radical (unpaired) electrons. The molecule has 0 aromatic heterocycles. The van der Waals surface area contributed by atoms with Crippen LogP contribution in [0.2, 0.25) is 0 Å². The minimum atomic E-state index is -1.13. The first-order valence-electron chi connectivity index (χ1n) is 8.98. The molecule has 1 unspecified atom stereocenters. The molecule has 9 heteroatoms. The summed E-state index contributed by atoms with van der Waals surface area (Å²) in [6, 6.07) is 5.25. The Labute approximate surface area is 159 Å². The zero-order valence-corrected chi connectivity index (χ0v) is 15.8. The van der Waals surface area contributed by atoms with Crippen LogP contribution in [0.1, 0.15) is 32.3 Å². The molecule has 3 atom stereocenters. The molecule has 152 valence electrons. The first kappa shape index (κ1) is 23.0. The van der Waals surface area contributed by atoms with Crippen molar-refractivity contribution in [1.29, 1.82) is 0 Å². The van der Waals surface area contributed by atoms with Crippen molar-refractivity contribution in [1.82, 2.24) is 10.6 Å². The first-order valence-corrected chi connectivity index (χ1v) is 8.98. The average Bonchev–Trinajstić information content (AvgIpc) is 2.63. The molecule has 0 aliphatic heterocycles. The highest BCUT2D eigenvalue weighted by atomic mass is 16.3. The second-order valence-corrected chi connectivity index (χ2v) is 6.72. The van der Waals surface area contributed by atoms with E-state index < -0.39 is 24.3 Å². The third-order valence-corrected chi connectivity index (χ3v) is 4.08. The van der Waals surface area contributed by atoms with Gasteiger partial charge in [-0.15, -0.1) is 0 Å². The SMILES string of the molecule is CC(C)[C@H](N)C(=O)N[C@@H](CCCNC(N)O)C(=O)Nc1ccc(CO)cc1. The molecular weight excluding hydrogens is 350 g/mol. The zero-order valence-electron chi connectivity index (χ0n) is 15.8. The number of benzene rings is 1. The second-order valence-electron chi connectivity index (χ2n) is 6.72. The Morgan fingerprint density at radius 2 is 1.74 bits per heavy atom. The highest BCUT2D eigenvalue weighted by molar-refractivity contribution is 5.97. The van der Waals surface area contributed by atoms with Gasteiger partial charge in [-0.3, -0.25) is 20.6 Å². The number of nitrogens with one attached hydrogen (secondary N) is 3. The van der Waals surface area contributed by atoms with E-state index >= 15 is 0 Å². The van der Waals surface area contributed by atoms with Crippen LogP contribution < -0.4 is 27.4 Å². The van der Waals surface area contributed by atoms with Crippen molar-refractivity contribution in [2.75, 3.05) is 11.9 Å². The molecule has 0 aliphatic rings. The molecule has 2 amide bonds. The van der Waals surface area contributed by atoms with Crippen LogP contribution in [0, 0.1) is 5.92 Å². The molecular formula is C18H31N5O4. The molecule has 0 saturated heterocycles. The Balaban J connectivity index is 2.74. The van der Waals surface area contributed by atoms with Gasteiger partial charge in [-0.25, -0.2) is 0 Å². The molecule has 0 aliphatic carbocycles. The monoisotopic (exact) mass is 381 g/mol. The van der Waals surface area contributed by atoms with Crippen molar-refractivity contribution in [3.8, 4) is 0 Å². The largest absolute Gasteiger partial charge is 0.392 e. The van der Waals surface area contributed by atoms with E-state index in [9.17, 15) is 9.59 Å². The van der Waals surface area contributed by atoms with Crippen molar-refractivity contribution in [2.24, 2.45) is 17.4 Å². The quantitative estimate of drug-likeness (QED) is 0.195. The van der Waals surface area contributed by atoms with Crippen LogP contribution in [0.15, 0.2) is 24.3 Å². The highest BCUT2D eigenvalue weighted by Gasteiger charge is 2.25. The second kappa shape index (κ2) is 11.6. The Kier molecular flexibility index (Phi) is 9.90. The van der Waals surface area contributed by atoms with E-state index in [0.29, 0.717) is 25.1 Å². The Morgan fingerprint density at radius 1 is 1.11 bits per heavy atom. The zero-order chi connectivity index (χ0) is 20.4. The summed E-state index contributed by atoms with van der Waals surface area (Å²) in [5, 5.41) is 26.2. The predicted molar refractivity (Wildman–Crippen MR) is 103 cm³/mol. The van der Waals surface area contributed by atoms with Crippen LogP contribution in [0.25, 0.3) is 0 Å². The van der Waals surface area contributed by atoms with E-state index in [4.69, 9.17) is 21.7 Å². The fraction of sp³-hybridized carbons (Fsp3) is 0.556. The minimum Gasteiger partial charge on any atom is -0.392 e. The van der Waals surface area contributed by atoms with Crippen LogP contribution in [-0.2, 0) is 16.2 Å². The number of carbonyl (C=O) groups excluding carboxylic acids is 2. The molecule has 9 N–H and O–H groups in total. The van der Waals surface area contributed by atoms with Crippen molar-refractivity contribution < 1.29 is 19.8 Å². The minimum absolute atomic E-state index is 0.0613. The van der Waals surface area contributed by atoms with Gasteiger partial charge in [0.05, 0.1) is 12.6 Å². The standard InChI is InChI=1S/C18H31N5O4/c1-11(2)15(19)17(26)23-14(4-3-9-21-18(20)27)16(25)22-13-7-5-12(10-24)6-8-13/h5-8,11,14-15,18,21,24,27H,3-4,9-10,19-20H2,1-2H3,(H,22,25)(H,23,26)/t14-,15-,18?/m0/s1. The summed E-state index contributed by atoms with van der Waals surface area (Å²) in [6.07, 6.45) is -0.282. The van der Waals surface area contributed by atoms with Crippen molar-refractivity contribution in [3.05, 3.63) is 29.8 Å². The van der Waals surface area contributed by atoms with Gasteiger partial charge in [0.1, 0.15) is 6.04 Å². The summed E-state index contributed by atoms with van der Waals surface area (Å²) < 4.78 is 0. The maximum atomic E-state index is 12.6. The molecule has 9 nitrogen and oxygen atoms in total. The van der Waals surface area contributed by atoms with Crippen LogP contribution in [0.4, 0.5) is 5.69 Å². The van der Waals surface area contributed by atoms with Gasteiger partial charge < -0.3 is 26.6 Å². The van der Waals surface area contributed by atoms with Gasteiger partial charge in [0.15, 0.2) is 6.35 Å². The number of anilines is 1. The molecule has 27 heavy (non-hydrogen) atoms. The summed E-state index contributed by atoms with van der Waals surface area (Å²) >= 11 is 0. The topological polar surface area (TPSA) is 163 Å². The third-order valence-electron chi connectivity index (χ3n) is 4.08. The van der Waals surface area contributed by atoms with Gasteiger partial charge in [-0.05, 0) is 43.0 Å². The maximum Gasteiger partial charge on any atom is 0.246 e. The molecule has 0 saturated carbocycles. The molecule has 1 aromatic rings. The van der Waals surface area contributed by atoms with Gasteiger partial charge in [-0.2, -0.15) is 0 Å². The van der Waals surface area contributed by atoms with Crippen LogP contribution in [0.5, 0.6) is 0 Å². The Bertz CT molecular complexity index is 592. The molecule has 0 spiro atoms. The van der Waals surface area contributed by atoms with Gasteiger partial charge in [0, 0.05) is 5.69 Å². The lowest BCUT2D eigenvalue weighted by atomic mass is 10.0. The number of aliphatic hydroxyl groups is 2. The number of hydrogen-bond acceptors (Lipinski definition) is 7. The fourth-order valence-corrected chi connectivity index (χ4v) is 2.32. The van der Waals surface area contributed by atoms with E-state index in [1.54, 1.807) is 24.3 Å². The lowest BCUT2D eigenvalue weighted by molar-refractivity contribution is -0.128. The van der Waals surface area contributed by atoms with Crippen LogP contribution >= 0.6 is 0 Å². The predicted octanol–water partition coefficient (Wildman–Crippen LogP) is -0.810. The van der Waals surface area contributed by atoms with E-state index in [1.807, 2.05) is 13.8 Å². The first-order chi connectivity index (χ1) is 12.7. The Hall–Kier alpha value is -2.04. The lowest BCUT2D eigenvalue weighted by Gasteiger charge is -2.22. The van der Waals surface area contributed by atoms with Gasteiger partial charge in [0.25, 0.3) is 0 Å². The fourth-order valence-electron chi connectivity index (χ4n) is 2.32. The van der Waals surface area contributed by atoms with E-state index in [1.165, 1.54) is 0 Å². The molecule has 0 heterocycles. The van der Waals surface area contributed by atoms with Gasteiger partial charge in [0.2, 0.25) is 11.8 Å². The maximum absolute atomic E-state index is 12.6. The number of rotatable bonds is 11. The summed E-state index contributed by atoms with van der Waals surface area (Å²) in [5.41, 5.74) is 12.4. The summed E-state index contributed by atoms with van der Waals surface area (Å²) in [6.45, 7) is 3.96. The molecule has 0 bridgehead atoms. The van der Waals surface area contributed by atoms with Crippen molar-refractivity contribution in [2.45, 2.75) is 51.7 Å². The molecule has 0 fully saturated rings. The van der Waals surface area contributed by atoms with Crippen molar-refractivity contribution in [3.63, 3.8) is 0 Å². The normalized spacial score (nSPS) is 14.5. The third kappa shape index (κ3) is 8.46. The lowest BCUT2D eigenvalue weighted by Crippen LogP contribution is -2.51. The number of hydrogen-bond donors (Lipinski definition) is 7. The van der Waals surface area contributed by atoms with Gasteiger partial charge >= 0.3 is 0 Å². The van der Waals surface area contributed by atoms with Crippen LogP contribution in [-0.4, -0.2) is 47.0 Å². The summed E-state index contributed by atoms with van der Waals surface area (Å²) in [5.74, 6) is -0.828. The average molecular weight is 381 g/mol. The summed E-state index contributed by atoms with van der Waals surface area (Å²) in [4.78, 5) is 24.9. The van der Waals surface area contributed by atoms with Crippen LogP contribution in [0.3, 0.4) is 0 Å².